The van der Waals surface area contributed by atoms with E-state index < -0.39 is 11.7 Å². The number of carbonyl (C=O) groups is 1. The highest BCUT2D eigenvalue weighted by Gasteiger charge is 2.29. The van der Waals surface area contributed by atoms with Gasteiger partial charge in [0.05, 0.1) is 5.56 Å². The molecule has 0 aromatic heterocycles. The van der Waals surface area contributed by atoms with Crippen molar-refractivity contribution in [3.63, 3.8) is 0 Å². The molecule has 0 saturated heterocycles. The summed E-state index contributed by atoms with van der Waals surface area (Å²) in [5.74, 6) is -0.292. The van der Waals surface area contributed by atoms with Crippen LogP contribution in [0.2, 0.25) is 5.02 Å². The highest BCUT2D eigenvalue weighted by atomic mass is 35.5. The summed E-state index contributed by atoms with van der Waals surface area (Å²) >= 11 is 5.84. The summed E-state index contributed by atoms with van der Waals surface area (Å²) < 4.78 is 37.3. The predicted molar refractivity (Wildman–Crippen MR) is 84.6 cm³/mol. The van der Waals surface area contributed by atoms with Crippen LogP contribution in [0.3, 0.4) is 0 Å². The number of rotatable bonds is 5. The number of benzene rings is 2. The zero-order valence-corrected chi connectivity index (χ0v) is 12.7. The molecule has 23 heavy (non-hydrogen) atoms. The first-order valence-electron chi connectivity index (χ1n) is 6.81. The molecule has 2 rings (SSSR count). The number of hydrogen-bond acceptors (Lipinski definition) is 2. The molecule has 0 aliphatic rings. The third-order valence-corrected chi connectivity index (χ3v) is 3.24. The van der Waals surface area contributed by atoms with Gasteiger partial charge in [-0.25, -0.2) is 0 Å². The lowest BCUT2D eigenvalue weighted by Gasteiger charge is -2.09. The largest absolute Gasteiger partial charge is 0.416 e. The molecule has 0 bridgehead atoms. The van der Waals surface area contributed by atoms with Crippen LogP contribution >= 0.6 is 11.6 Å². The summed E-state index contributed by atoms with van der Waals surface area (Å²) in [7, 11) is 0. The van der Waals surface area contributed by atoms with Crippen LogP contribution in [0.4, 0.5) is 24.5 Å². The minimum Gasteiger partial charge on any atom is -0.384 e. The third-order valence-electron chi connectivity index (χ3n) is 3.00. The van der Waals surface area contributed by atoms with Gasteiger partial charge in [0.1, 0.15) is 0 Å². The molecule has 1 amide bonds. The van der Waals surface area contributed by atoms with Crippen LogP contribution in [0, 0.1) is 0 Å². The topological polar surface area (TPSA) is 41.1 Å². The van der Waals surface area contributed by atoms with Gasteiger partial charge in [0.25, 0.3) is 0 Å². The average molecular weight is 343 g/mol. The SMILES string of the molecule is O=C(CCNc1cccc(Cl)c1)Nc1ccc(C(F)(F)F)cc1. The van der Waals surface area contributed by atoms with Crippen molar-refractivity contribution in [3.05, 3.63) is 59.1 Å². The lowest BCUT2D eigenvalue weighted by atomic mass is 10.2. The second kappa shape index (κ2) is 7.37. The van der Waals surface area contributed by atoms with Crippen LogP contribution in [0.5, 0.6) is 0 Å². The lowest BCUT2D eigenvalue weighted by Crippen LogP contribution is -2.16. The minimum absolute atomic E-state index is 0.174. The van der Waals surface area contributed by atoms with Gasteiger partial charge in [0.15, 0.2) is 0 Å². The Morgan fingerprint density at radius 1 is 1.04 bits per heavy atom. The van der Waals surface area contributed by atoms with Gasteiger partial charge in [0, 0.05) is 29.4 Å². The molecule has 0 aliphatic heterocycles. The number of amides is 1. The monoisotopic (exact) mass is 342 g/mol. The van der Waals surface area contributed by atoms with E-state index in [4.69, 9.17) is 11.6 Å². The second-order valence-corrected chi connectivity index (χ2v) is 5.25. The fourth-order valence-corrected chi connectivity index (χ4v) is 2.08. The van der Waals surface area contributed by atoms with Crippen molar-refractivity contribution in [3.8, 4) is 0 Å². The fourth-order valence-electron chi connectivity index (χ4n) is 1.88. The van der Waals surface area contributed by atoms with E-state index >= 15 is 0 Å². The van der Waals surface area contributed by atoms with Crippen LogP contribution in [0.15, 0.2) is 48.5 Å². The summed E-state index contributed by atoms with van der Waals surface area (Å²) in [6, 6.07) is 11.4. The van der Waals surface area contributed by atoms with Gasteiger partial charge < -0.3 is 10.6 Å². The summed E-state index contributed by atoms with van der Waals surface area (Å²) in [6.07, 6.45) is -4.21. The van der Waals surface area contributed by atoms with E-state index in [0.717, 1.165) is 17.8 Å². The Kier molecular flexibility index (Phi) is 5.50. The average Bonchev–Trinajstić information content (AvgIpc) is 2.47. The number of alkyl halides is 3. The van der Waals surface area contributed by atoms with Gasteiger partial charge >= 0.3 is 6.18 Å². The maximum absolute atomic E-state index is 12.4. The third kappa shape index (κ3) is 5.49. The van der Waals surface area contributed by atoms with Gasteiger partial charge in [-0.3, -0.25) is 4.79 Å². The van der Waals surface area contributed by atoms with E-state index in [1.807, 2.05) is 6.07 Å². The van der Waals surface area contributed by atoms with Crippen LogP contribution in [-0.4, -0.2) is 12.5 Å². The van der Waals surface area contributed by atoms with E-state index in [-0.39, 0.29) is 12.3 Å². The van der Waals surface area contributed by atoms with Crippen LogP contribution in [0.25, 0.3) is 0 Å². The van der Waals surface area contributed by atoms with Crippen LogP contribution in [-0.2, 0) is 11.0 Å². The van der Waals surface area contributed by atoms with Gasteiger partial charge in [-0.2, -0.15) is 13.2 Å². The fraction of sp³-hybridized carbons (Fsp3) is 0.188. The molecule has 2 aromatic carbocycles. The van der Waals surface area contributed by atoms with Gasteiger partial charge in [-0.05, 0) is 42.5 Å². The zero-order chi connectivity index (χ0) is 16.9. The van der Waals surface area contributed by atoms with Crippen molar-refractivity contribution >= 4 is 28.9 Å². The van der Waals surface area contributed by atoms with E-state index in [1.54, 1.807) is 18.2 Å². The summed E-state index contributed by atoms with van der Waals surface area (Å²) in [5, 5.41) is 6.17. The van der Waals surface area contributed by atoms with Gasteiger partial charge in [-0.1, -0.05) is 17.7 Å². The van der Waals surface area contributed by atoms with Crippen LogP contribution < -0.4 is 10.6 Å². The molecule has 7 heteroatoms. The first kappa shape index (κ1) is 17.1. The molecule has 2 N–H and O–H groups in total. The lowest BCUT2D eigenvalue weighted by molar-refractivity contribution is -0.137. The summed E-state index contributed by atoms with van der Waals surface area (Å²) in [5.41, 5.74) is 0.365. The van der Waals surface area contributed by atoms with E-state index in [0.29, 0.717) is 17.3 Å². The first-order chi connectivity index (χ1) is 10.8. The molecule has 0 saturated carbocycles. The standard InChI is InChI=1S/C16H14ClF3N2O/c17-12-2-1-3-14(10-12)21-9-8-15(23)22-13-6-4-11(5-7-13)16(18,19)20/h1-7,10,21H,8-9H2,(H,22,23). The molecule has 0 radical (unpaired) electrons. The van der Waals surface area contributed by atoms with Crippen molar-refractivity contribution in [2.24, 2.45) is 0 Å². The Hall–Kier alpha value is -2.21. The van der Waals surface area contributed by atoms with Crippen LogP contribution in [0.1, 0.15) is 12.0 Å². The number of hydrogen-bond donors (Lipinski definition) is 2. The van der Waals surface area contributed by atoms with Gasteiger partial charge in [0.2, 0.25) is 5.91 Å². The molecule has 0 unspecified atom stereocenters. The molecule has 0 atom stereocenters. The van der Waals surface area contributed by atoms with Crippen molar-refractivity contribution in [2.45, 2.75) is 12.6 Å². The summed E-state index contributed by atoms with van der Waals surface area (Å²) in [4.78, 5) is 11.8. The molecule has 0 fully saturated rings. The Balaban J connectivity index is 1.80. The molecule has 0 aliphatic carbocycles. The van der Waals surface area contributed by atoms with Crippen molar-refractivity contribution in [1.82, 2.24) is 0 Å². The smallest absolute Gasteiger partial charge is 0.384 e. The van der Waals surface area contributed by atoms with E-state index in [2.05, 4.69) is 10.6 Å². The second-order valence-electron chi connectivity index (χ2n) is 4.81. The van der Waals surface area contributed by atoms with E-state index in [1.165, 1.54) is 12.1 Å². The normalized spacial score (nSPS) is 11.1. The predicted octanol–water partition coefficient (Wildman–Crippen LogP) is 4.80. The Bertz CT molecular complexity index is 672. The van der Waals surface area contributed by atoms with Crippen molar-refractivity contribution in [2.75, 3.05) is 17.2 Å². The highest BCUT2D eigenvalue weighted by molar-refractivity contribution is 6.30. The van der Waals surface area contributed by atoms with Crippen molar-refractivity contribution < 1.29 is 18.0 Å². The Morgan fingerprint density at radius 3 is 2.35 bits per heavy atom. The quantitative estimate of drug-likeness (QED) is 0.819. The van der Waals surface area contributed by atoms with E-state index in [9.17, 15) is 18.0 Å². The Morgan fingerprint density at radius 2 is 1.74 bits per heavy atom. The molecule has 3 nitrogen and oxygen atoms in total. The summed E-state index contributed by atoms with van der Waals surface area (Å²) in [6.45, 7) is 0.382. The Labute approximate surface area is 136 Å². The van der Waals surface area contributed by atoms with Crippen molar-refractivity contribution in [1.29, 1.82) is 0 Å². The number of nitrogens with one attached hydrogen (secondary N) is 2. The minimum atomic E-state index is -4.39. The maximum Gasteiger partial charge on any atom is 0.416 e. The molecule has 122 valence electrons. The molecular weight excluding hydrogens is 329 g/mol. The maximum atomic E-state index is 12.4. The molecule has 0 spiro atoms. The first-order valence-corrected chi connectivity index (χ1v) is 7.19. The van der Waals surface area contributed by atoms with Gasteiger partial charge in [-0.15, -0.1) is 0 Å². The highest BCUT2D eigenvalue weighted by Crippen LogP contribution is 2.29. The molecule has 2 aromatic rings. The number of carbonyl (C=O) groups excluding carboxylic acids is 1. The molecule has 0 heterocycles. The molecular formula is C16H14ClF3N2O. The zero-order valence-electron chi connectivity index (χ0n) is 12.0. The number of anilines is 2. The number of halogens is 4.